The van der Waals surface area contributed by atoms with Crippen LogP contribution in [0.25, 0.3) is 0 Å². The highest BCUT2D eigenvalue weighted by Crippen LogP contribution is 2.15. The van der Waals surface area contributed by atoms with Crippen LogP contribution >= 0.6 is 12.2 Å². The molecule has 1 aliphatic heterocycles. The Kier molecular flexibility index (Phi) is 4.81. The van der Waals surface area contributed by atoms with Crippen LogP contribution in [0.1, 0.15) is 11.1 Å². The van der Waals surface area contributed by atoms with E-state index < -0.39 is 5.82 Å². The van der Waals surface area contributed by atoms with Gasteiger partial charge in [-0.15, -0.1) is 0 Å². The first-order valence-electron chi connectivity index (χ1n) is 6.12. The van der Waals surface area contributed by atoms with Crippen LogP contribution in [0.15, 0.2) is 18.2 Å². The Labute approximate surface area is 117 Å². The smallest absolute Gasteiger partial charge is 0.133 e. The van der Waals surface area contributed by atoms with Crippen molar-refractivity contribution < 1.29 is 14.2 Å². The van der Waals surface area contributed by atoms with E-state index in [9.17, 15) is 9.50 Å². The fourth-order valence-electron chi connectivity index (χ4n) is 2.16. The first kappa shape index (κ1) is 14.3. The largest absolute Gasteiger partial charge is 0.395 e. The monoisotopic (exact) mass is 284 g/mol. The third-order valence-electron chi connectivity index (χ3n) is 3.24. The normalized spacial score (nSPS) is 20.4. The highest BCUT2D eigenvalue weighted by atomic mass is 32.1. The summed E-state index contributed by atoms with van der Waals surface area (Å²) in [5, 5.41) is 9.30. The van der Waals surface area contributed by atoms with Gasteiger partial charge in [0, 0.05) is 18.7 Å². The Hall–Kier alpha value is -1.08. The molecule has 0 amide bonds. The van der Waals surface area contributed by atoms with Crippen molar-refractivity contribution in [1.82, 2.24) is 4.90 Å². The van der Waals surface area contributed by atoms with Crippen LogP contribution in [-0.2, 0) is 11.3 Å². The first-order chi connectivity index (χ1) is 9.11. The quantitative estimate of drug-likeness (QED) is 0.795. The average Bonchev–Trinajstić information content (AvgIpc) is 2.41. The Morgan fingerprint density at radius 2 is 2.37 bits per heavy atom. The van der Waals surface area contributed by atoms with Crippen LogP contribution in [0.3, 0.4) is 0 Å². The first-order valence-corrected chi connectivity index (χ1v) is 6.53. The molecule has 1 aromatic carbocycles. The standard InChI is InChI=1S/C13H17FN2O2S/c14-12-2-1-9(5-11(12)13(15)19)6-16-3-4-18-8-10(16)7-17/h1-2,5,10,17H,3-4,6-8H2,(H2,15,19). The second-order valence-electron chi connectivity index (χ2n) is 4.56. The number of ether oxygens (including phenoxy) is 1. The Morgan fingerprint density at radius 3 is 3.05 bits per heavy atom. The summed E-state index contributed by atoms with van der Waals surface area (Å²) in [4.78, 5) is 2.17. The van der Waals surface area contributed by atoms with Crippen LogP contribution < -0.4 is 5.73 Å². The number of nitrogens with zero attached hydrogens (tertiary/aromatic N) is 1. The van der Waals surface area contributed by atoms with Gasteiger partial charge in [-0.05, 0) is 17.7 Å². The average molecular weight is 284 g/mol. The van der Waals surface area contributed by atoms with Gasteiger partial charge in [-0.3, -0.25) is 4.90 Å². The van der Waals surface area contributed by atoms with Gasteiger partial charge in [0.15, 0.2) is 0 Å². The molecule has 4 nitrogen and oxygen atoms in total. The van der Waals surface area contributed by atoms with Gasteiger partial charge in [0.25, 0.3) is 0 Å². The van der Waals surface area contributed by atoms with Crippen molar-refractivity contribution in [3.63, 3.8) is 0 Å². The van der Waals surface area contributed by atoms with Gasteiger partial charge in [0.05, 0.1) is 25.9 Å². The van der Waals surface area contributed by atoms with Gasteiger partial charge < -0.3 is 15.6 Å². The lowest BCUT2D eigenvalue weighted by Gasteiger charge is -2.34. The zero-order chi connectivity index (χ0) is 13.8. The fraction of sp³-hybridized carbons (Fsp3) is 0.462. The molecular formula is C13H17FN2O2S. The molecule has 1 fully saturated rings. The lowest BCUT2D eigenvalue weighted by atomic mass is 10.1. The molecule has 1 heterocycles. The van der Waals surface area contributed by atoms with Crippen LogP contribution in [0.4, 0.5) is 4.39 Å². The number of benzene rings is 1. The maximum absolute atomic E-state index is 13.5. The predicted octanol–water partition coefficient (Wildman–Crippen LogP) is 0.653. The van der Waals surface area contributed by atoms with E-state index in [1.807, 2.05) is 0 Å². The third-order valence-corrected chi connectivity index (χ3v) is 3.46. The topological polar surface area (TPSA) is 58.7 Å². The molecule has 2 rings (SSSR count). The van der Waals surface area contributed by atoms with Gasteiger partial charge >= 0.3 is 0 Å². The minimum absolute atomic E-state index is 0.0212. The minimum atomic E-state index is -0.406. The van der Waals surface area contributed by atoms with E-state index in [0.29, 0.717) is 19.8 Å². The highest BCUT2D eigenvalue weighted by Gasteiger charge is 2.22. The van der Waals surface area contributed by atoms with Crippen molar-refractivity contribution in [2.75, 3.05) is 26.4 Å². The fourth-order valence-corrected chi connectivity index (χ4v) is 2.32. The Balaban J connectivity index is 2.14. The number of rotatable bonds is 4. The summed E-state index contributed by atoms with van der Waals surface area (Å²) >= 11 is 4.82. The second-order valence-corrected chi connectivity index (χ2v) is 5.00. The molecule has 0 spiro atoms. The molecule has 104 valence electrons. The number of hydrogen-bond donors (Lipinski definition) is 2. The lowest BCUT2D eigenvalue weighted by Crippen LogP contribution is -2.46. The van der Waals surface area contributed by atoms with Crippen molar-refractivity contribution in [2.45, 2.75) is 12.6 Å². The van der Waals surface area contributed by atoms with Crippen LogP contribution in [0, 0.1) is 5.82 Å². The zero-order valence-corrected chi connectivity index (χ0v) is 11.3. The molecule has 0 aromatic heterocycles. The lowest BCUT2D eigenvalue weighted by molar-refractivity contribution is -0.0312. The summed E-state index contributed by atoms with van der Waals surface area (Å²) in [6, 6.07) is 4.73. The maximum Gasteiger partial charge on any atom is 0.133 e. The SMILES string of the molecule is NC(=S)c1cc(CN2CCOCC2CO)ccc1F. The molecule has 1 saturated heterocycles. The summed E-state index contributed by atoms with van der Waals surface area (Å²) < 4.78 is 18.8. The molecule has 1 aromatic rings. The number of nitrogens with two attached hydrogens (primary N) is 1. The van der Waals surface area contributed by atoms with Gasteiger partial charge in [-0.2, -0.15) is 0 Å². The number of thiocarbonyl (C=S) groups is 1. The molecule has 1 atom stereocenters. The molecule has 0 saturated carbocycles. The molecule has 6 heteroatoms. The number of hydrogen-bond acceptors (Lipinski definition) is 4. The van der Waals surface area contributed by atoms with E-state index in [4.69, 9.17) is 22.7 Å². The summed E-state index contributed by atoms with van der Waals surface area (Å²) in [5.74, 6) is -0.406. The van der Waals surface area contributed by atoms with Crippen molar-refractivity contribution in [1.29, 1.82) is 0 Å². The molecular weight excluding hydrogens is 267 g/mol. The van der Waals surface area contributed by atoms with Gasteiger partial charge in [0.1, 0.15) is 10.8 Å². The minimum Gasteiger partial charge on any atom is -0.395 e. The van der Waals surface area contributed by atoms with E-state index in [0.717, 1.165) is 12.1 Å². The van der Waals surface area contributed by atoms with Gasteiger partial charge in [0.2, 0.25) is 0 Å². The van der Waals surface area contributed by atoms with Crippen LogP contribution in [0.2, 0.25) is 0 Å². The Bertz CT molecular complexity index is 470. The number of morpholine rings is 1. The van der Waals surface area contributed by atoms with Crippen LogP contribution in [0.5, 0.6) is 0 Å². The molecule has 1 aliphatic rings. The number of aliphatic hydroxyl groups excluding tert-OH is 1. The molecule has 3 N–H and O–H groups in total. The number of aliphatic hydroxyl groups is 1. The molecule has 0 aliphatic carbocycles. The molecule has 19 heavy (non-hydrogen) atoms. The maximum atomic E-state index is 13.5. The van der Waals surface area contributed by atoms with Crippen molar-refractivity contribution in [2.24, 2.45) is 5.73 Å². The van der Waals surface area contributed by atoms with E-state index in [1.165, 1.54) is 6.07 Å². The van der Waals surface area contributed by atoms with Gasteiger partial charge in [-0.1, -0.05) is 18.3 Å². The van der Waals surface area contributed by atoms with Crippen molar-refractivity contribution in [3.05, 3.63) is 35.1 Å². The second kappa shape index (κ2) is 6.38. The van der Waals surface area contributed by atoms with Crippen LogP contribution in [-0.4, -0.2) is 47.4 Å². The van der Waals surface area contributed by atoms with E-state index in [-0.39, 0.29) is 23.2 Å². The zero-order valence-electron chi connectivity index (χ0n) is 10.5. The van der Waals surface area contributed by atoms with Gasteiger partial charge in [-0.25, -0.2) is 4.39 Å². The molecule has 0 bridgehead atoms. The Morgan fingerprint density at radius 1 is 1.58 bits per heavy atom. The predicted molar refractivity (Wildman–Crippen MR) is 74.4 cm³/mol. The van der Waals surface area contributed by atoms with E-state index in [1.54, 1.807) is 12.1 Å². The summed E-state index contributed by atoms with van der Waals surface area (Å²) in [6.45, 7) is 2.55. The van der Waals surface area contributed by atoms with Crippen molar-refractivity contribution >= 4 is 17.2 Å². The summed E-state index contributed by atoms with van der Waals surface area (Å²) in [7, 11) is 0. The number of halogens is 1. The van der Waals surface area contributed by atoms with E-state index in [2.05, 4.69) is 4.90 Å². The molecule has 1 unspecified atom stereocenters. The van der Waals surface area contributed by atoms with Crippen molar-refractivity contribution in [3.8, 4) is 0 Å². The summed E-state index contributed by atoms with van der Waals surface area (Å²) in [5.41, 5.74) is 6.67. The third kappa shape index (κ3) is 3.48. The van der Waals surface area contributed by atoms with E-state index >= 15 is 0 Å². The highest BCUT2D eigenvalue weighted by molar-refractivity contribution is 7.80. The molecule has 0 radical (unpaired) electrons. The summed E-state index contributed by atoms with van der Waals surface area (Å²) in [6.07, 6.45) is 0.